The molecule has 6 rings (SSSR count). The maximum atomic E-state index is 11.5. The standard InChI is InChI=1S/2C21H18O5.Al.H2O/c2*22-18-10-3-1-6-14(18)12-15-8-5-9-17(21(24)25)20(15)26-13-16-7-2-4-11-19(16)23;;/h2*1-11,22-23H,12-13H2,(H,24,25);;1H2/q;;+3;/p-3. The van der Waals surface area contributed by atoms with Gasteiger partial charge < -0.3 is 49.7 Å². The number of aromatic hydroxyl groups is 4. The first-order valence-electron chi connectivity index (χ1n) is 16.4. The summed E-state index contributed by atoms with van der Waals surface area (Å²) < 4.78 is 18.4. The molecule has 0 bridgehead atoms. The quantitative estimate of drug-likeness (QED) is 0.112. The number of ether oxygens (including phenoxy) is 2. The Labute approximate surface area is 320 Å². The summed E-state index contributed by atoms with van der Waals surface area (Å²) in [7, 11) is 0. The second kappa shape index (κ2) is 20.0. The average molecular weight is 743 g/mol. The van der Waals surface area contributed by atoms with Crippen LogP contribution in [0.1, 0.15) is 54.1 Å². The van der Waals surface area contributed by atoms with Crippen molar-refractivity contribution in [3.8, 4) is 34.5 Å². The van der Waals surface area contributed by atoms with Crippen molar-refractivity contribution in [3.05, 3.63) is 178 Å². The first-order chi connectivity index (χ1) is 26.1. The van der Waals surface area contributed by atoms with E-state index >= 15 is 0 Å². The molecule has 0 aliphatic heterocycles. The van der Waals surface area contributed by atoms with Crippen molar-refractivity contribution >= 4 is 28.6 Å². The molecule has 0 saturated heterocycles. The van der Waals surface area contributed by atoms with E-state index in [1.54, 1.807) is 109 Å². The fraction of sp³-hybridized carbons (Fsp3) is 0.0952. The monoisotopic (exact) mass is 742 g/mol. The van der Waals surface area contributed by atoms with Gasteiger partial charge in [0.25, 0.3) is 0 Å². The van der Waals surface area contributed by atoms with E-state index in [0.29, 0.717) is 46.2 Å². The van der Waals surface area contributed by atoms with Gasteiger partial charge in [-0.2, -0.15) is 0 Å². The van der Waals surface area contributed by atoms with E-state index < -0.39 is 11.9 Å². The van der Waals surface area contributed by atoms with Crippen LogP contribution >= 0.6 is 0 Å². The number of carboxylic acid groups (broad SMARTS) is 2. The molecule has 0 fully saturated rings. The number of hydrogen-bond acceptors (Lipinski definition) is 11. The van der Waals surface area contributed by atoms with E-state index in [1.807, 2.05) is 0 Å². The molecule has 12 heteroatoms. The Morgan fingerprint density at radius 1 is 0.426 bits per heavy atom. The Morgan fingerprint density at radius 3 is 1.00 bits per heavy atom. The fourth-order valence-corrected chi connectivity index (χ4v) is 5.41. The average Bonchev–Trinajstić information content (AvgIpc) is 3.17. The Morgan fingerprint density at radius 2 is 0.704 bits per heavy atom. The van der Waals surface area contributed by atoms with Crippen LogP contribution in [-0.4, -0.2) is 53.1 Å². The van der Waals surface area contributed by atoms with E-state index in [4.69, 9.17) is 13.6 Å². The van der Waals surface area contributed by atoms with Gasteiger partial charge in [0, 0.05) is 35.1 Å². The molecule has 0 unspecified atom stereocenters. The predicted molar refractivity (Wildman–Crippen MR) is 196 cm³/mol. The van der Waals surface area contributed by atoms with Crippen molar-refractivity contribution in [1.82, 2.24) is 0 Å². The first kappa shape index (κ1) is 40.3. The normalized spacial score (nSPS) is 10.2. The number of carbonyl (C=O) groups excluding carboxylic acids is 2. The molecule has 272 valence electrons. The van der Waals surface area contributed by atoms with Crippen LogP contribution in [0.3, 0.4) is 0 Å². The molecule has 0 aromatic heterocycles. The van der Waals surface area contributed by atoms with Crippen LogP contribution in [0, 0.1) is 0 Å². The molecule has 0 atom stereocenters. The molecule has 0 aliphatic rings. The molecule has 6 aromatic carbocycles. The molecule has 0 spiro atoms. The molecule has 6 aromatic rings. The number of benzene rings is 6. The van der Waals surface area contributed by atoms with E-state index in [2.05, 4.69) is 0 Å². The van der Waals surface area contributed by atoms with Crippen molar-refractivity contribution in [1.29, 1.82) is 0 Å². The second-order valence-electron chi connectivity index (χ2n) is 11.6. The summed E-state index contributed by atoms with van der Waals surface area (Å²) in [4.78, 5) is 23.0. The van der Waals surface area contributed by atoms with Crippen molar-refractivity contribution < 1.29 is 53.9 Å². The third kappa shape index (κ3) is 10.8. The summed E-state index contributed by atoms with van der Waals surface area (Å²) in [5.41, 5.74) is 3.42. The molecular weight excluding hydrogens is 707 g/mol. The van der Waals surface area contributed by atoms with Crippen molar-refractivity contribution in [2.75, 3.05) is 0 Å². The minimum atomic E-state index is -1.35. The van der Waals surface area contributed by atoms with Crippen molar-refractivity contribution in [2.24, 2.45) is 0 Å². The van der Waals surface area contributed by atoms with Gasteiger partial charge >= 0.3 is 20.8 Å². The number of carboxylic acids is 2. The van der Waals surface area contributed by atoms with Gasteiger partial charge in [-0.25, -0.2) is 0 Å². The third-order valence-corrected chi connectivity index (χ3v) is 8.11. The van der Waals surface area contributed by atoms with Gasteiger partial charge in [-0.05, 0) is 58.7 Å². The molecule has 54 heavy (non-hydrogen) atoms. The number of aromatic carboxylic acids is 2. The summed E-state index contributed by atoms with van der Waals surface area (Å²) in [6, 6.07) is 36.5. The zero-order valence-electron chi connectivity index (χ0n) is 28.8. The third-order valence-electron chi connectivity index (χ3n) is 8.11. The summed E-state index contributed by atoms with van der Waals surface area (Å²) in [5, 5.41) is 62.7. The van der Waals surface area contributed by atoms with Crippen LogP contribution in [0.15, 0.2) is 133 Å². The molecule has 0 saturated carbocycles. The van der Waals surface area contributed by atoms with E-state index in [-0.39, 0.29) is 58.8 Å². The summed E-state index contributed by atoms with van der Waals surface area (Å²) in [5.74, 6) is -1.98. The van der Waals surface area contributed by atoms with Gasteiger partial charge in [-0.15, -0.1) is 0 Å². The molecular formula is C42H35AlO11. The van der Waals surface area contributed by atoms with Gasteiger partial charge in [0.05, 0.1) is 11.9 Å². The maximum absolute atomic E-state index is 11.5. The minimum absolute atomic E-state index is 0.00470. The topological polar surface area (TPSA) is 200 Å². The summed E-state index contributed by atoms with van der Waals surface area (Å²) >= 11 is 1.42. The van der Waals surface area contributed by atoms with Crippen molar-refractivity contribution in [3.63, 3.8) is 0 Å². The number of hydrogen-bond donors (Lipinski definition) is 5. The van der Waals surface area contributed by atoms with Gasteiger partial charge in [0.15, 0.2) is 0 Å². The number of phenolic OH excluding ortho intramolecular Hbond substituents is 4. The molecule has 0 aliphatic carbocycles. The summed E-state index contributed by atoms with van der Waals surface area (Å²) in [6.45, 7) is 0.00940. The SMILES string of the molecule is O=C([O-])c1cccc(Cc2ccccc2O)c1OCc1ccccc1O.O=C([O-])c1cccc(Cc2ccccc2O)c1OCc1ccccc1O.[OH][Al+2]. The van der Waals surface area contributed by atoms with Crippen LogP contribution in [0.5, 0.6) is 34.5 Å². The number of para-hydroxylation sites is 6. The predicted octanol–water partition coefficient (Wildman–Crippen LogP) is 4.32. The Balaban J connectivity index is 0.000000230. The Bertz CT molecular complexity index is 2030. The molecule has 0 amide bonds. The number of phenols is 4. The van der Waals surface area contributed by atoms with Crippen LogP contribution in [0.2, 0.25) is 0 Å². The van der Waals surface area contributed by atoms with Crippen LogP contribution < -0.4 is 19.7 Å². The van der Waals surface area contributed by atoms with E-state index in [1.165, 1.54) is 40.9 Å². The zero-order valence-corrected chi connectivity index (χ0v) is 29.9. The molecule has 0 heterocycles. The van der Waals surface area contributed by atoms with E-state index in [0.717, 1.165) is 0 Å². The van der Waals surface area contributed by atoms with Crippen LogP contribution in [0.25, 0.3) is 0 Å². The zero-order chi connectivity index (χ0) is 39.0. The second-order valence-corrected chi connectivity index (χ2v) is 11.6. The Hall–Kier alpha value is -6.45. The van der Waals surface area contributed by atoms with Gasteiger partial charge in [0.2, 0.25) is 0 Å². The Kier molecular flexibility index (Phi) is 14.9. The molecule has 11 nitrogen and oxygen atoms in total. The fourth-order valence-electron chi connectivity index (χ4n) is 5.41. The first-order valence-corrected chi connectivity index (χ1v) is 16.9. The van der Waals surface area contributed by atoms with Gasteiger partial charge in [-0.1, -0.05) is 97.1 Å². The van der Waals surface area contributed by atoms with Gasteiger partial charge in [-0.3, -0.25) is 0 Å². The number of carbonyl (C=O) groups is 2. The van der Waals surface area contributed by atoms with Crippen molar-refractivity contribution in [2.45, 2.75) is 26.1 Å². The van der Waals surface area contributed by atoms with Crippen LogP contribution in [0.4, 0.5) is 0 Å². The molecule has 5 N–H and O–H groups in total. The number of rotatable bonds is 12. The van der Waals surface area contributed by atoms with Gasteiger partial charge in [0.1, 0.15) is 47.7 Å². The van der Waals surface area contributed by atoms with Crippen LogP contribution in [-0.2, 0) is 26.1 Å². The molecule has 0 radical (unpaired) electrons. The summed E-state index contributed by atoms with van der Waals surface area (Å²) in [6.07, 6.45) is 0.591. The van der Waals surface area contributed by atoms with E-state index in [9.17, 15) is 40.2 Å².